The highest BCUT2D eigenvalue weighted by Crippen LogP contribution is 2.18. The molecule has 1 fully saturated rings. The highest BCUT2D eigenvalue weighted by atomic mass is 16.3. The van der Waals surface area contributed by atoms with Crippen LogP contribution in [-0.4, -0.2) is 47.9 Å². The van der Waals surface area contributed by atoms with Crippen LogP contribution < -0.4 is 10.6 Å². The highest BCUT2D eigenvalue weighted by molar-refractivity contribution is 5.86. The molecule has 1 aromatic carbocycles. The van der Waals surface area contributed by atoms with Crippen LogP contribution in [0.15, 0.2) is 46.0 Å². The van der Waals surface area contributed by atoms with Gasteiger partial charge in [-0.3, -0.25) is 4.79 Å². The number of nitrogens with one attached hydrogen (secondary N) is 2. The van der Waals surface area contributed by atoms with Gasteiger partial charge in [0.25, 0.3) is 0 Å². The third kappa shape index (κ3) is 5.57. The number of nitrogens with zero attached hydrogens (tertiary/aromatic N) is 3. The zero-order valence-electron chi connectivity index (χ0n) is 15.8. The van der Waals surface area contributed by atoms with Crippen molar-refractivity contribution in [2.45, 2.75) is 32.7 Å². The maximum Gasteiger partial charge on any atom is 0.241 e. The van der Waals surface area contributed by atoms with Crippen molar-refractivity contribution in [1.29, 1.82) is 0 Å². The quantitative estimate of drug-likeness (QED) is 0.604. The van der Waals surface area contributed by atoms with Gasteiger partial charge in [-0.2, -0.15) is 0 Å². The molecule has 3 rings (SSSR count). The molecule has 2 heterocycles. The molecule has 7 heteroatoms. The summed E-state index contributed by atoms with van der Waals surface area (Å²) in [4.78, 5) is 23.2. The summed E-state index contributed by atoms with van der Waals surface area (Å²) in [7, 11) is 0. The zero-order chi connectivity index (χ0) is 18.9. The molecule has 0 saturated carbocycles. The van der Waals surface area contributed by atoms with E-state index in [4.69, 9.17) is 4.42 Å². The molecule has 1 aromatic heterocycles. The Hall–Kier alpha value is -2.83. The summed E-state index contributed by atoms with van der Waals surface area (Å²) in [5, 5.41) is 6.28. The number of oxazole rings is 1. The molecule has 0 spiro atoms. The van der Waals surface area contributed by atoms with Crippen molar-refractivity contribution in [3.8, 4) is 11.5 Å². The normalized spacial score (nSPS) is 14.9. The topological polar surface area (TPSA) is 82.8 Å². The van der Waals surface area contributed by atoms with Crippen LogP contribution in [0.3, 0.4) is 0 Å². The Bertz CT molecular complexity index is 751. The largest absolute Gasteiger partial charge is 0.444 e. The van der Waals surface area contributed by atoms with Crippen molar-refractivity contribution >= 4 is 11.9 Å². The molecule has 0 bridgehead atoms. The average Bonchev–Trinajstić information content (AvgIpc) is 3.20. The summed E-state index contributed by atoms with van der Waals surface area (Å²) >= 11 is 0. The molecule has 0 unspecified atom stereocenters. The molecule has 2 N–H and O–H groups in total. The molecule has 27 heavy (non-hydrogen) atoms. The van der Waals surface area contributed by atoms with Crippen molar-refractivity contribution in [2.24, 2.45) is 4.99 Å². The van der Waals surface area contributed by atoms with Gasteiger partial charge in [0.1, 0.15) is 12.0 Å². The maximum absolute atomic E-state index is 12.3. The smallest absolute Gasteiger partial charge is 0.241 e. The Labute approximate surface area is 159 Å². The molecular weight excluding hydrogens is 342 g/mol. The van der Waals surface area contributed by atoms with Crippen LogP contribution in [0.1, 0.15) is 31.9 Å². The number of hydrogen-bond donors (Lipinski definition) is 2. The second kappa shape index (κ2) is 9.75. The summed E-state index contributed by atoms with van der Waals surface area (Å²) in [5.74, 6) is 1.30. The fraction of sp³-hybridized carbons (Fsp3) is 0.450. The third-order valence-corrected chi connectivity index (χ3v) is 4.43. The standard InChI is InChI=1S/C20H27N5O2/c1-2-21-20(23-14-18(26)25-11-7-4-8-12-25)22-13-17-15-27-19(24-17)16-9-5-3-6-10-16/h3,5-6,9-10,15H,2,4,7-8,11-14H2,1H3,(H2,21,22,23). The van der Waals surface area contributed by atoms with E-state index in [1.165, 1.54) is 6.42 Å². The molecule has 1 saturated heterocycles. The Kier molecular flexibility index (Phi) is 6.84. The second-order valence-electron chi connectivity index (χ2n) is 6.50. The number of rotatable bonds is 6. The van der Waals surface area contributed by atoms with Crippen LogP contribution in [0.25, 0.3) is 11.5 Å². The minimum atomic E-state index is 0.119. The van der Waals surface area contributed by atoms with Crippen LogP contribution in [0.5, 0.6) is 0 Å². The number of hydrogen-bond acceptors (Lipinski definition) is 4. The van der Waals surface area contributed by atoms with E-state index in [0.29, 0.717) is 18.4 Å². The molecule has 1 amide bonds. The maximum atomic E-state index is 12.3. The first kappa shape index (κ1) is 18.9. The first-order valence-corrected chi connectivity index (χ1v) is 9.56. The van der Waals surface area contributed by atoms with Crippen molar-refractivity contribution < 1.29 is 9.21 Å². The summed E-state index contributed by atoms with van der Waals surface area (Å²) in [6, 6.07) is 9.76. The van der Waals surface area contributed by atoms with Gasteiger partial charge in [-0.15, -0.1) is 0 Å². The zero-order valence-corrected chi connectivity index (χ0v) is 15.8. The van der Waals surface area contributed by atoms with E-state index in [1.54, 1.807) is 6.26 Å². The summed E-state index contributed by atoms with van der Waals surface area (Å²) in [6.07, 6.45) is 5.02. The molecule has 7 nitrogen and oxygen atoms in total. The van der Waals surface area contributed by atoms with Crippen molar-refractivity contribution in [1.82, 2.24) is 20.5 Å². The number of likely N-dealkylation sites (tertiary alicyclic amines) is 1. The fourth-order valence-corrected chi connectivity index (χ4v) is 3.01. The van der Waals surface area contributed by atoms with E-state index in [1.807, 2.05) is 42.2 Å². The summed E-state index contributed by atoms with van der Waals surface area (Å²) in [6.45, 7) is 5.05. The van der Waals surface area contributed by atoms with Crippen LogP contribution in [0.4, 0.5) is 0 Å². The van der Waals surface area contributed by atoms with E-state index < -0.39 is 0 Å². The lowest BCUT2D eigenvalue weighted by atomic mass is 10.1. The van der Waals surface area contributed by atoms with Crippen LogP contribution in [0, 0.1) is 0 Å². The van der Waals surface area contributed by atoms with Gasteiger partial charge in [-0.1, -0.05) is 18.2 Å². The fourth-order valence-electron chi connectivity index (χ4n) is 3.01. The number of carbonyl (C=O) groups excluding carboxylic acids is 1. The Morgan fingerprint density at radius 2 is 1.96 bits per heavy atom. The first-order valence-electron chi connectivity index (χ1n) is 9.56. The Morgan fingerprint density at radius 1 is 1.19 bits per heavy atom. The van der Waals surface area contributed by atoms with Crippen molar-refractivity contribution in [3.63, 3.8) is 0 Å². The molecule has 0 aliphatic carbocycles. The minimum Gasteiger partial charge on any atom is -0.444 e. The lowest BCUT2D eigenvalue weighted by molar-refractivity contribution is -0.130. The van der Waals surface area contributed by atoms with Crippen molar-refractivity contribution in [2.75, 3.05) is 26.2 Å². The predicted molar refractivity (Wildman–Crippen MR) is 105 cm³/mol. The van der Waals surface area contributed by atoms with Gasteiger partial charge in [-0.25, -0.2) is 9.98 Å². The Balaban J connectivity index is 1.55. The van der Waals surface area contributed by atoms with Gasteiger partial charge < -0.3 is 20.0 Å². The molecular formula is C20H27N5O2. The third-order valence-electron chi connectivity index (χ3n) is 4.43. The minimum absolute atomic E-state index is 0.119. The van der Waals surface area contributed by atoms with E-state index in [9.17, 15) is 4.79 Å². The van der Waals surface area contributed by atoms with Gasteiger partial charge in [0.15, 0.2) is 5.96 Å². The van der Waals surface area contributed by atoms with E-state index in [-0.39, 0.29) is 12.5 Å². The van der Waals surface area contributed by atoms with Gasteiger partial charge in [0.05, 0.1) is 13.1 Å². The number of aromatic nitrogens is 1. The van der Waals surface area contributed by atoms with E-state index in [0.717, 1.165) is 43.7 Å². The Morgan fingerprint density at radius 3 is 2.70 bits per heavy atom. The van der Waals surface area contributed by atoms with Gasteiger partial charge in [0, 0.05) is 25.2 Å². The number of aliphatic imine (C=N–C) groups is 1. The predicted octanol–water partition coefficient (Wildman–Crippen LogP) is 2.41. The monoisotopic (exact) mass is 369 g/mol. The number of benzene rings is 1. The molecule has 0 atom stereocenters. The summed E-state index contributed by atoms with van der Waals surface area (Å²) < 4.78 is 5.54. The molecule has 1 aliphatic rings. The van der Waals surface area contributed by atoms with Crippen LogP contribution in [-0.2, 0) is 11.3 Å². The van der Waals surface area contributed by atoms with Gasteiger partial charge >= 0.3 is 0 Å². The van der Waals surface area contributed by atoms with Crippen LogP contribution >= 0.6 is 0 Å². The van der Waals surface area contributed by atoms with Gasteiger partial charge in [-0.05, 0) is 38.3 Å². The number of guanidine groups is 1. The SMILES string of the molecule is CCNC(=NCc1coc(-c2ccccc2)n1)NCC(=O)N1CCCCC1. The highest BCUT2D eigenvalue weighted by Gasteiger charge is 2.16. The number of piperidine rings is 1. The molecule has 144 valence electrons. The second-order valence-corrected chi connectivity index (χ2v) is 6.50. The van der Waals surface area contributed by atoms with E-state index in [2.05, 4.69) is 20.6 Å². The lowest BCUT2D eigenvalue weighted by Crippen LogP contribution is -2.46. The summed E-state index contributed by atoms with van der Waals surface area (Å²) in [5.41, 5.74) is 1.68. The van der Waals surface area contributed by atoms with E-state index >= 15 is 0 Å². The van der Waals surface area contributed by atoms with Crippen LogP contribution in [0.2, 0.25) is 0 Å². The number of amides is 1. The molecule has 2 aromatic rings. The first-order chi connectivity index (χ1) is 13.3. The number of carbonyl (C=O) groups is 1. The molecule has 1 aliphatic heterocycles. The average molecular weight is 369 g/mol. The molecule has 0 radical (unpaired) electrons. The van der Waals surface area contributed by atoms with Gasteiger partial charge in [0.2, 0.25) is 11.8 Å². The van der Waals surface area contributed by atoms with Crippen molar-refractivity contribution in [3.05, 3.63) is 42.3 Å². The lowest BCUT2D eigenvalue weighted by Gasteiger charge is -2.27.